The Balaban J connectivity index is 1.92. The predicted molar refractivity (Wildman–Crippen MR) is 63.1 cm³/mol. The topological polar surface area (TPSA) is 15.3 Å². The van der Waals surface area contributed by atoms with Crippen molar-refractivity contribution in [2.24, 2.45) is 0 Å². The van der Waals surface area contributed by atoms with Crippen molar-refractivity contribution in [2.75, 3.05) is 18.0 Å². The number of rotatable bonds is 1. The summed E-state index contributed by atoms with van der Waals surface area (Å²) in [5.41, 5.74) is 4.40. The maximum absolute atomic E-state index is 3.48. The molecule has 0 bridgehead atoms. The summed E-state index contributed by atoms with van der Waals surface area (Å²) in [6.45, 7) is 5.75. The molecule has 0 aromatic heterocycles. The fourth-order valence-electron chi connectivity index (χ4n) is 2.71. The van der Waals surface area contributed by atoms with Crippen molar-refractivity contribution in [1.29, 1.82) is 0 Å². The highest BCUT2D eigenvalue weighted by Gasteiger charge is 2.19. The lowest BCUT2D eigenvalue weighted by molar-refractivity contribution is 0.633. The second-order valence-electron chi connectivity index (χ2n) is 4.68. The van der Waals surface area contributed by atoms with Crippen LogP contribution in [0.25, 0.3) is 0 Å². The highest BCUT2D eigenvalue weighted by atomic mass is 15.1. The Labute approximate surface area is 91.3 Å². The summed E-state index contributed by atoms with van der Waals surface area (Å²) in [4.78, 5) is 2.50. The fraction of sp³-hybridized carbons (Fsp3) is 0.538. The van der Waals surface area contributed by atoms with Crippen LogP contribution in [-0.2, 0) is 6.54 Å². The van der Waals surface area contributed by atoms with E-state index >= 15 is 0 Å². The Bertz CT molecular complexity index is 367. The van der Waals surface area contributed by atoms with Crippen molar-refractivity contribution in [2.45, 2.75) is 32.4 Å². The van der Waals surface area contributed by atoms with Crippen molar-refractivity contribution in [1.82, 2.24) is 5.32 Å². The Morgan fingerprint density at radius 3 is 2.87 bits per heavy atom. The lowest BCUT2D eigenvalue weighted by Gasteiger charge is -2.18. The molecule has 3 rings (SSSR count). The molecule has 1 N–H and O–H groups in total. The molecule has 0 amide bonds. The van der Waals surface area contributed by atoms with E-state index in [-0.39, 0.29) is 0 Å². The molecular weight excluding hydrogens is 184 g/mol. The van der Waals surface area contributed by atoms with Gasteiger partial charge in [0.05, 0.1) is 0 Å². The van der Waals surface area contributed by atoms with Gasteiger partial charge in [0, 0.05) is 31.4 Å². The van der Waals surface area contributed by atoms with Crippen LogP contribution in [-0.4, -0.2) is 13.1 Å². The summed E-state index contributed by atoms with van der Waals surface area (Å²) >= 11 is 0. The second-order valence-corrected chi connectivity index (χ2v) is 4.68. The van der Waals surface area contributed by atoms with Crippen molar-refractivity contribution in [3.8, 4) is 0 Å². The number of hydrogen-bond donors (Lipinski definition) is 1. The highest BCUT2D eigenvalue weighted by molar-refractivity contribution is 5.53. The molecule has 2 heterocycles. The smallest absolute Gasteiger partial charge is 0.0369 e. The van der Waals surface area contributed by atoms with Crippen LogP contribution in [0.5, 0.6) is 0 Å². The van der Waals surface area contributed by atoms with Gasteiger partial charge in [-0.1, -0.05) is 6.07 Å². The van der Waals surface area contributed by atoms with Crippen LogP contribution in [0.1, 0.15) is 36.9 Å². The zero-order chi connectivity index (χ0) is 10.3. The minimum atomic E-state index is 0.535. The van der Waals surface area contributed by atoms with Gasteiger partial charge in [-0.05, 0) is 43.0 Å². The Hall–Kier alpha value is -1.02. The van der Waals surface area contributed by atoms with Crippen molar-refractivity contribution in [3.05, 3.63) is 29.3 Å². The molecule has 2 nitrogen and oxygen atoms in total. The van der Waals surface area contributed by atoms with Crippen LogP contribution < -0.4 is 10.2 Å². The van der Waals surface area contributed by atoms with Crippen molar-refractivity contribution < 1.29 is 0 Å². The molecule has 1 aromatic rings. The molecule has 1 unspecified atom stereocenters. The van der Waals surface area contributed by atoms with Gasteiger partial charge in [-0.3, -0.25) is 0 Å². The summed E-state index contributed by atoms with van der Waals surface area (Å²) in [6, 6.07) is 7.49. The quantitative estimate of drug-likeness (QED) is 0.752. The van der Waals surface area contributed by atoms with E-state index in [0.717, 1.165) is 6.54 Å². The monoisotopic (exact) mass is 202 g/mol. The average molecular weight is 202 g/mol. The molecule has 1 aromatic carbocycles. The number of hydrogen-bond acceptors (Lipinski definition) is 2. The fourth-order valence-corrected chi connectivity index (χ4v) is 2.71. The maximum Gasteiger partial charge on any atom is 0.0369 e. The number of nitrogens with zero attached hydrogens (tertiary/aromatic N) is 1. The first-order valence-corrected chi connectivity index (χ1v) is 5.96. The maximum atomic E-state index is 3.48. The van der Waals surface area contributed by atoms with Gasteiger partial charge < -0.3 is 10.2 Å². The van der Waals surface area contributed by atoms with E-state index < -0.39 is 0 Å². The first kappa shape index (κ1) is 9.22. The van der Waals surface area contributed by atoms with E-state index in [4.69, 9.17) is 0 Å². The van der Waals surface area contributed by atoms with Crippen LogP contribution in [0.3, 0.4) is 0 Å². The molecule has 0 aliphatic carbocycles. The number of nitrogens with one attached hydrogen (secondary N) is 1. The molecule has 2 aliphatic rings. The Morgan fingerprint density at radius 1 is 1.27 bits per heavy atom. The van der Waals surface area contributed by atoms with Gasteiger partial charge in [-0.25, -0.2) is 0 Å². The summed E-state index contributed by atoms with van der Waals surface area (Å²) < 4.78 is 0. The van der Waals surface area contributed by atoms with Gasteiger partial charge >= 0.3 is 0 Å². The summed E-state index contributed by atoms with van der Waals surface area (Å²) in [6.07, 6.45) is 2.71. The zero-order valence-electron chi connectivity index (χ0n) is 9.29. The summed E-state index contributed by atoms with van der Waals surface area (Å²) in [7, 11) is 0. The third kappa shape index (κ3) is 1.53. The van der Waals surface area contributed by atoms with Crippen molar-refractivity contribution in [3.63, 3.8) is 0 Å². The minimum absolute atomic E-state index is 0.535. The van der Waals surface area contributed by atoms with Gasteiger partial charge in [0.25, 0.3) is 0 Å². The Kier molecular flexibility index (Phi) is 2.17. The van der Waals surface area contributed by atoms with E-state index in [9.17, 15) is 0 Å². The zero-order valence-corrected chi connectivity index (χ0v) is 9.29. The molecule has 0 radical (unpaired) electrons. The molecule has 80 valence electrons. The molecular formula is C13H18N2. The highest BCUT2D eigenvalue weighted by Crippen LogP contribution is 2.29. The third-order valence-corrected chi connectivity index (χ3v) is 3.66. The van der Waals surface area contributed by atoms with Crippen LogP contribution in [0.2, 0.25) is 0 Å². The average Bonchev–Trinajstić information content (AvgIpc) is 2.88. The number of benzene rings is 1. The van der Waals surface area contributed by atoms with Crippen LogP contribution >= 0.6 is 0 Å². The Morgan fingerprint density at radius 2 is 2.07 bits per heavy atom. The molecule has 0 spiro atoms. The van der Waals surface area contributed by atoms with Crippen LogP contribution in [0.15, 0.2) is 18.2 Å². The van der Waals surface area contributed by atoms with Gasteiger partial charge in [-0.2, -0.15) is 0 Å². The normalized spacial score (nSPS) is 24.6. The molecule has 1 fully saturated rings. The largest absolute Gasteiger partial charge is 0.372 e. The predicted octanol–water partition coefficient (Wildman–Crippen LogP) is 2.45. The molecule has 2 aliphatic heterocycles. The first-order chi connectivity index (χ1) is 7.34. The minimum Gasteiger partial charge on any atom is -0.372 e. The standard InChI is InChI=1S/C13H18N2/c1-10-13-5-4-12(8-11(13)9-14-10)15-6-2-3-7-15/h4-5,8,10,14H,2-3,6-7,9H2,1H3. The van der Waals surface area contributed by atoms with E-state index in [2.05, 4.69) is 35.3 Å². The second kappa shape index (κ2) is 3.53. The van der Waals surface area contributed by atoms with Gasteiger partial charge in [-0.15, -0.1) is 0 Å². The molecule has 15 heavy (non-hydrogen) atoms. The van der Waals surface area contributed by atoms with E-state index in [1.807, 2.05) is 0 Å². The van der Waals surface area contributed by atoms with E-state index in [1.165, 1.54) is 42.7 Å². The summed E-state index contributed by atoms with van der Waals surface area (Å²) in [5, 5.41) is 3.48. The van der Waals surface area contributed by atoms with Crippen LogP contribution in [0.4, 0.5) is 5.69 Å². The third-order valence-electron chi connectivity index (χ3n) is 3.66. The first-order valence-electron chi connectivity index (χ1n) is 5.96. The van der Waals surface area contributed by atoms with Crippen LogP contribution in [0, 0.1) is 0 Å². The van der Waals surface area contributed by atoms with Crippen molar-refractivity contribution >= 4 is 5.69 Å². The van der Waals surface area contributed by atoms with Gasteiger partial charge in [0.2, 0.25) is 0 Å². The van der Waals surface area contributed by atoms with E-state index in [1.54, 1.807) is 0 Å². The SMILES string of the molecule is CC1NCc2cc(N3CCCC3)ccc21. The van der Waals surface area contributed by atoms with Gasteiger partial charge in [0.1, 0.15) is 0 Å². The lowest BCUT2D eigenvalue weighted by atomic mass is 10.1. The number of fused-ring (bicyclic) bond motifs is 1. The van der Waals surface area contributed by atoms with E-state index in [0.29, 0.717) is 6.04 Å². The summed E-state index contributed by atoms with van der Waals surface area (Å²) in [5.74, 6) is 0. The lowest BCUT2D eigenvalue weighted by Crippen LogP contribution is -2.17. The molecule has 2 heteroatoms. The molecule has 1 atom stereocenters. The molecule has 1 saturated heterocycles. The molecule has 0 saturated carbocycles. The van der Waals surface area contributed by atoms with Gasteiger partial charge in [0.15, 0.2) is 0 Å². The number of anilines is 1.